The van der Waals surface area contributed by atoms with Crippen LogP contribution in [-0.2, 0) is 14.6 Å². The van der Waals surface area contributed by atoms with E-state index in [0.29, 0.717) is 6.42 Å². The standard InChI is InChI=1S/C9H19NO4S/c1-9(2,5-6-11)10-8(12)4-7-15(3,13)14/h11H,4-7H2,1-3H3,(H,10,12). The summed E-state index contributed by atoms with van der Waals surface area (Å²) in [6, 6.07) is 0. The van der Waals surface area contributed by atoms with Gasteiger partial charge in [-0.3, -0.25) is 4.79 Å². The molecule has 0 aromatic rings. The summed E-state index contributed by atoms with van der Waals surface area (Å²) in [5.74, 6) is -0.451. The van der Waals surface area contributed by atoms with Crippen LogP contribution in [0.3, 0.4) is 0 Å². The van der Waals surface area contributed by atoms with E-state index < -0.39 is 15.4 Å². The number of aliphatic hydroxyl groups excluding tert-OH is 1. The molecule has 0 fully saturated rings. The Kier molecular flexibility index (Phi) is 5.23. The van der Waals surface area contributed by atoms with Crippen LogP contribution in [0, 0.1) is 0 Å². The van der Waals surface area contributed by atoms with Gasteiger partial charge >= 0.3 is 0 Å². The van der Waals surface area contributed by atoms with Crippen LogP contribution < -0.4 is 5.32 Å². The molecule has 0 aromatic carbocycles. The zero-order chi connectivity index (χ0) is 12.1. The molecule has 0 aliphatic heterocycles. The van der Waals surface area contributed by atoms with Crippen molar-refractivity contribution in [3.8, 4) is 0 Å². The highest BCUT2D eigenvalue weighted by molar-refractivity contribution is 7.90. The quantitative estimate of drug-likeness (QED) is 0.664. The Bertz CT molecular complexity index is 308. The van der Waals surface area contributed by atoms with Gasteiger partial charge in [0.05, 0.1) is 5.75 Å². The lowest BCUT2D eigenvalue weighted by Crippen LogP contribution is -2.44. The number of carbonyl (C=O) groups excluding carboxylic acids is 1. The molecule has 0 aliphatic carbocycles. The van der Waals surface area contributed by atoms with Crippen molar-refractivity contribution in [2.24, 2.45) is 0 Å². The van der Waals surface area contributed by atoms with Gasteiger partial charge in [0.2, 0.25) is 5.91 Å². The van der Waals surface area contributed by atoms with Crippen molar-refractivity contribution >= 4 is 15.7 Å². The Labute approximate surface area is 90.8 Å². The van der Waals surface area contributed by atoms with Crippen molar-refractivity contribution in [2.75, 3.05) is 18.6 Å². The molecule has 1 amide bonds. The third kappa shape index (κ3) is 8.38. The Morgan fingerprint density at radius 2 is 1.93 bits per heavy atom. The maximum atomic E-state index is 11.3. The second-order valence-corrected chi connectivity index (χ2v) is 6.55. The molecule has 0 aliphatic rings. The van der Waals surface area contributed by atoms with Gasteiger partial charge in [0.15, 0.2) is 0 Å². The van der Waals surface area contributed by atoms with Crippen LogP contribution >= 0.6 is 0 Å². The fourth-order valence-electron chi connectivity index (χ4n) is 1.06. The summed E-state index contributed by atoms with van der Waals surface area (Å²) in [4.78, 5) is 11.3. The fourth-order valence-corrected chi connectivity index (χ4v) is 1.62. The number of aliphatic hydroxyl groups is 1. The second-order valence-electron chi connectivity index (χ2n) is 4.29. The summed E-state index contributed by atoms with van der Waals surface area (Å²) < 4.78 is 21.6. The Morgan fingerprint density at radius 3 is 2.33 bits per heavy atom. The number of nitrogens with one attached hydrogen (secondary N) is 1. The monoisotopic (exact) mass is 237 g/mol. The number of hydrogen-bond acceptors (Lipinski definition) is 4. The summed E-state index contributed by atoms with van der Waals surface area (Å²) in [5.41, 5.74) is -0.497. The molecule has 0 spiro atoms. The first-order valence-corrected chi connectivity index (χ1v) is 6.82. The lowest BCUT2D eigenvalue weighted by molar-refractivity contribution is -0.122. The molecule has 0 radical (unpaired) electrons. The van der Waals surface area contributed by atoms with E-state index >= 15 is 0 Å². The minimum absolute atomic E-state index is 0.0145. The molecule has 6 heteroatoms. The number of hydrogen-bond donors (Lipinski definition) is 2. The average Bonchev–Trinajstić information content (AvgIpc) is 1.98. The van der Waals surface area contributed by atoms with Crippen LogP contribution in [-0.4, -0.2) is 43.6 Å². The number of amides is 1. The number of rotatable bonds is 6. The van der Waals surface area contributed by atoms with E-state index in [-0.39, 0.29) is 24.7 Å². The van der Waals surface area contributed by atoms with Gasteiger partial charge in [-0.15, -0.1) is 0 Å². The van der Waals surface area contributed by atoms with Gasteiger partial charge in [-0.1, -0.05) is 0 Å². The smallest absolute Gasteiger partial charge is 0.221 e. The van der Waals surface area contributed by atoms with E-state index in [1.165, 1.54) is 0 Å². The number of carbonyl (C=O) groups is 1. The molecule has 0 atom stereocenters. The van der Waals surface area contributed by atoms with Gasteiger partial charge in [-0.25, -0.2) is 8.42 Å². The molecule has 5 nitrogen and oxygen atoms in total. The van der Waals surface area contributed by atoms with Gasteiger partial charge in [0.1, 0.15) is 9.84 Å². The third-order valence-electron chi connectivity index (χ3n) is 1.91. The molecule has 15 heavy (non-hydrogen) atoms. The molecule has 0 heterocycles. The summed E-state index contributed by atoms with van der Waals surface area (Å²) in [5, 5.41) is 11.4. The van der Waals surface area contributed by atoms with Crippen molar-refractivity contribution in [1.82, 2.24) is 5.32 Å². The zero-order valence-corrected chi connectivity index (χ0v) is 10.2. The van der Waals surface area contributed by atoms with Crippen LogP contribution in [0.2, 0.25) is 0 Å². The van der Waals surface area contributed by atoms with Crippen molar-refractivity contribution in [1.29, 1.82) is 0 Å². The van der Waals surface area contributed by atoms with E-state index in [9.17, 15) is 13.2 Å². The first-order chi connectivity index (χ1) is 6.66. The number of sulfone groups is 1. The van der Waals surface area contributed by atoms with E-state index in [1.807, 2.05) is 0 Å². The van der Waals surface area contributed by atoms with Gasteiger partial charge in [-0.2, -0.15) is 0 Å². The lowest BCUT2D eigenvalue weighted by Gasteiger charge is -2.25. The van der Waals surface area contributed by atoms with Crippen LogP contribution in [0.5, 0.6) is 0 Å². The molecule has 0 saturated heterocycles. The van der Waals surface area contributed by atoms with Crippen LogP contribution in [0.15, 0.2) is 0 Å². The maximum Gasteiger partial charge on any atom is 0.221 e. The minimum Gasteiger partial charge on any atom is -0.396 e. The molecule has 0 aromatic heterocycles. The van der Waals surface area contributed by atoms with Gasteiger partial charge in [0.25, 0.3) is 0 Å². The molecular formula is C9H19NO4S. The molecular weight excluding hydrogens is 218 g/mol. The fraction of sp³-hybridized carbons (Fsp3) is 0.889. The van der Waals surface area contributed by atoms with Crippen LogP contribution in [0.1, 0.15) is 26.7 Å². The second kappa shape index (κ2) is 5.46. The Morgan fingerprint density at radius 1 is 1.40 bits per heavy atom. The Balaban J connectivity index is 4.04. The van der Waals surface area contributed by atoms with Gasteiger partial charge in [-0.05, 0) is 20.3 Å². The lowest BCUT2D eigenvalue weighted by atomic mass is 10.0. The zero-order valence-electron chi connectivity index (χ0n) is 9.41. The molecule has 0 saturated carbocycles. The molecule has 0 bridgehead atoms. The highest BCUT2D eigenvalue weighted by atomic mass is 32.2. The summed E-state index contributed by atoms with van der Waals surface area (Å²) in [7, 11) is -3.10. The highest BCUT2D eigenvalue weighted by Gasteiger charge is 2.20. The van der Waals surface area contributed by atoms with Crippen LogP contribution in [0.25, 0.3) is 0 Å². The molecule has 2 N–H and O–H groups in total. The third-order valence-corrected chi connectivity index (χ3v) is 2.86. The van der Waals surface area contributed by atoms with Crippen molar-refractivity contribution in [3.63, 3.8) is 0 Å². The van der Waals surface area contributed by atoms with Crippen molar-refractivity contribution in [3.05, 3.63) is 0 Å². The normalized spacial score (nSPS) is 12.5. The van der Waals surface area contributed by atoms with Gasteiger partial charge in [0, 0.05) is 24.8 Å². The molecule has 0 rings (SSSR count). The minimum atomic E-state index is -3.10. The summed E-state index contributed by atoms with van der Waals surface area (Å²) in [6.07, 6.45) is 1.50. The average molecular weight is 237 g/mol. The van der Waals surface area contributed by atoms with Crippen LogP contribution in [0.4, 0.5) is 0 Å². The van der Waals surface area contributed by atoms with E-state index in [4.69, 9.17) is 5.11 Å². The topological polar surface area (TPSA) is 83.5 Å². The van der Waals surface area contributed by atoms with E-state index in [1.54, 1.807) is 13.8 Å². The highest BCUT2D eigenvalue weighted by Crippen LogP contribution is 2.07. The summed E-state index contributed by atoms with van der Waals surface area (Å²) in [6.45, 7) is 3.54. The molecule has 90 valence electrons. The first kappa shape index (κ1) is 14.4. The molecule has 0 unspecified atom stereocenters. The van der Waals surface area contributed by atoms with Gasteiger partial charge < -0.3 is 10.4 Å². The maximum absolute atomic E-state index is 11.3. The summed E-state index contributed by atoms with van der Waals surface area (Å²) >= 11 is 0. The largest absolute Gasteiger partial charge is 0.396 e. The predicted octanol–water partition coefficient (Wildman–Crippen LogP) is -0.302. The first-order valence-electron chi connectivity index (χ1n) is 4.76. The predicted molar refractivity (Wildman–Crippen MR) is 58.3 cm³/mol. The Hall–Kier alpha value is -0.620. The van der Waals surface area contributed by atoms with E-state index in [2.05, 4.69) is 5.32 Å². The van der Waals surface area contributed by atoms with E-state index in [0.717, 1.165) is 6.26 Å². The van der Waals surface area contributed by atoms with Crippen molar-refractivity contribution < 1.29 is 18.3 Å². The SMILES string of the molecule is CC(C)(CCO)NC(=O)CCS(C)(=O)=O. The van der Waals surface area contributed by atoms with Crippen molar-refractivity contribution in [2.45, 2.75) is 32.2 Å².